The van der Waals surface area contributed by atoms with Gasteiger partial charge in [-0.05, 0) is 31.9 Å². The minimum absolute atomic E-state index is 0.381. The molecule has 1 aliphatic heterocycles. The van der Waals surface area contributed by atoms with E-state index in [0.717, 1.165) is 6.07 Å². The van der Waals surface area contributed by atoms with E-state index in [4.69, 9.17) is 11.6 Å². The van der Waals surface area contributed by atoms with Crippen LogP contribution in [0.4, 0.5) is 13.9 Å². The molecule has 1 saturated heterocycles. The van der Waals surface area contributed by atoms with Crippen LogP contribution < -0.4 is 4.90 Å². The number of alkyl halides is 1. The summed E-state index contributed by atoms with van der Waals surface area (Å²) in [6, 6.07) is 3.32. The molecule has 30 heavy (non-hydrogen) atoms. The molecule has 160 valence electrons. The maximum Gasteiger partial charge on any atom is 0.185 e. The van der Waals surface area contributed by atoms with Gasteiger partial charge in [-0.25, -0.2) is 22.2 Å². The van der Waals surface area contributed by atoms with Crippen LogP contribution in [0.5, 0.6) is 0 Å². The van der Waals surface area contributed by atoms with Crippen molar-refractivity contribution in [3.63, 3.8) is 0 Å². The number of hydrogen-bond acceptors (Lipinski definition) is 5. The predicted molar refractivity (Wildman–Crippen MR) is 118 cm³/mol. The number of hydrogen-bond donors (Lipinski definition) is 0. The number of sulfone groups is 1. The van der Waals surface area contributed by atoms with Crippen molar-refractivity contribution >= 4 is 37.9 Å². The summed E-state index contributed by atoms with van der Waals surface area (Å²) in [5.41, 5.74) is 0.881. The van der Waals surface area contributed by atoms with Crippen LogP contribution in [-0.4, -0.2) is 41.9 Å². The monoisotopic (exact) mass is 470 g/mol. The molecule has 9 heteroatoms. The minimum atomic E-state index is -3.44. The second-order valence-electron chi connectivity index (χ2n) is 7.76. The SMILES string of the molecule is CC1(Cl)C=CC=CC1S(=O)(=O)C1CCN(c2nc(-c3cc(F)cc(F)c3)cs2)CC1. The Morgan fingerprint density at radius 3 is 2.47 bits per heavy atom. The Bertz CT molecular complexity index is 1080. The van der Waals surface area contributed by atoms with Gasteiger partial charge in [-0.2, -0.15) is 0 Å². The standard InChI is InChI=1S/C21H21ClF2N2O2S2/c1-21(22)7-3-2-4-19(21)30(27,28)17-5-8-26(9-6-17)20-25-18(13-29-20)14-10-15(23)12-16(24)11-14/h2-4,7,10-13,17,19H,5-6,8-9H2,1H3. The highest BCUT2D eigenvalue weighted by molar-refractivity contribution is 7.93. The van der Waals surface area contributed by atoms with Crippen LogP contribution in [0, 0.1) is 11.6 Å². The van der Waals surface area contributed by atoms with Gasteiger partial charge in [-0.15, -0.1) is 22.9 Å². The molecule has 0 N–H and O–H groups in total. The maximum absolute atomic E-state index is 13.5. The fraction of sp³-hybridized carbons (Fsp3) is 0.381. The molecular formula is C21H21ClF2N2O2S2. The van der Waals surface area contributed by atoms with Crippen molar-refractivity contribution in [3.8, 4) is 11.3 Å². The summed E-state index contributed by atoms with van der Waals surface area (Å²) in [5.74, 6) is -1.30. The van der Waals surface area contributed by atoms with Crippen LogP contribution in [0.15, 0.2) is 47.9 Å². The topological polar surface area (TPSA) is 50.3 Å². The summed E-state index contributed by atoms with van der Waals surface area (Å²) < 4.78 is 53.3. The molecule has 0 bridgehead atoms. The van der Waals surface area contributed by atoms with Gasteiger partial charge in [0.1, 0.15) is 16.9 Å². The molecule has 2 unspecified atom stereocenters. The van der Waals surface area contributed by atoms with Gasteiger partial charge >= 0.3 is 0 Å². The highest BCUT2D eigenvalue weighted by Gasteiger charge is 2.44. The summed E-state index contributed by atoms with van der Waals surface area (Å²) in [5, 5.41) is 1.25. The molecule has 2 heterocycles. The molecule has 0 spiro atoms. The lowest BCUT2D eigenvalue weighted by atomic mass is 10.0. The number of thiazole rings is 1. The molecule has 1 aromatic carbocycles. The van der Waals surface area contributed by atoms with E-state index in [1.165, 1.54) is 23.5 Å². The number of anilines is 1. The Balaban J connectivity index is 1.46. The Hall–Kier alpha value is -1.77. The van der Waals surface area contributed by atoms with Gasteiger partial charge in [0, 0.05) is 30.1 Å². The zero-order chi connectivity index (χ0) is 21.5. The lowest BCUT2D eigenvalue weighted by molar-refractivity contribution is 0.518. The van der Waals surface area contributed by atoms with Crippen molar-refractivity contribution in [1.82, 2.24) is 4.98 Å². The molecule has 1 fully saturated rings. The first-order valence-electron chi connectivity index (χ1n) is 9.61. The molecule has 2 aliphatic rings. The molecule has 1 aliphatic carbocycles. The molecule has 4 rings (SSSR count). The van der Waals surface area contributed by atoms with Crippen LogP contribution in [0.3, 0.4) is 0 Å². The van der Waals surface area contributed by atoms with E-state index in [-0.39, 0.29) is 0 Å². The lowest BCUT2D eigenvalue weighted by Crippen LogP contribution is -2.47. The maximum atomic E-state index is 13.5. The van der Waals surface area contributed by atoms with Gasteiger partial charge in [0.25, 0.3) is 0 Å². The number of allylic oxidation sites excluding steroid dienone is 3. The summed E-state index contributed by atoms with van der Waals surface area (Å²) in [6.07, 6.45) is 7.85. The second kappa shape index (κ2) is 8.05. The van der Waals surface area contributed by atoms with Crippen molar-refractivity contribution < 1.29 is 17.2 Å². The van der Waals surface area contributed by atoms with Crippen LogP contribution in [0.25, 0.3) is 11.3 Å². The summed E-state index contributed by atoms with van der Waals surface area (Å²) in [6.45, 7) is 2.80. The number of halogens is 3. The first kappa shape index (κ1) is 21.5. The minimum Gasteiger partial charge on any atom is -0.348 e. The Morgan fingerprint density at radius 2 is 1.83 bits per heavy atom. The average Bonchev–Trinajstić information content (AvgIpc) is 3.17. The number of piperidine rings is 1. The van der Waals surface area contributed by atoms with E-state index in [9.17, 15) is 17.2 Å². The summed E-state index contributed by atoms with van der Waals surface area (Å²) >= 11 is 7.84. The second-order valence-corrected chi connectivity index (χ2v) is 11.8. The number of aromatic nitrogens is 1. The molecule has 4 nitrogen and oxygen atoms in total. The van der Waals surface area contributed by atoms with Crippen LogP contribution >= 0.6 is 22.9 Å². The van der Waals surface area contributed by atoms with Crippen LogP contribution in [0.1, 0.15) is 19.8 Å². The zero-order valence-electron chi connectivity index (χ0n) is 16.3. The number of nitrogens with zero attached hydrogens (tertiary/aromatic N) is 2. The molecule has 0 radical (unpaired) electrons. The Labute approximate surface area is 183 Å². The third kappa shape index (κ3) is 4.18. The zero-order valence-corrected chi connectivity index (χ0v) is 18.7. The summed E-state index contributed by atoms with van der Waals surface area (Å²) in [7, 11) is -3.44. The van der Waals surface area contributed by atoms with Gasteiger partial charge < -0.3 is 4.90 Å². The van der Waals surface area contributed by atoms with Crippen molar-refractivity contribution in [2.45, 2.75) is 35.1 Å². The average molecular weight is 471 g/mol. The predicted octanol–water partition coefficient (Wildman–Crippen LogP) is 4.96. The van der Waals surface area contributed by atoms with E-state index in [1.54, 1.807) is 36.6 Å². The third-order valence-electron chi connectivity index (χ3n) is 5.56. The van der Waals surface area contributed by atoms with Gasteiger partial charge in [-0.1, -0.05) is 24.3 Å². The summed E-state index contributed by atoms with van der Waals surface area (Å²) in [4.78, 5) is 5.58. The number of rotatable bonds is 4. The largest absolute Gasteiger partial charge is 0.348 e. The Kier molecular flexibility index (Phi) is 5.76. The first-order chi connectivity index (χ1) is 14.2. The number of benzene rings is 1. The van der Waals surface area contributed by atoms with Crippen LogP contribution in [0.2, 0.25) is 0 Å². The molecule has 2 aromatic rings. The smallest absolute Gasteiger partial charge is 0.185 e. The fourth-order valence-electron chi connectivity index (χ4n) is 3.95. The van der Waals surface area contributed by atoms with E-state index >= 15 is 0 Å². The van der Waals surface area contributed by atoms with E-state index < -0.39 is 36.8 Å². The normalized spacial score (nSPS) is 25.1. The van der Waals surface area contributed by atoms with Gasteiger partial charge in [0.2, 0.25) is 0 Å². The van der Waals surface area contributed by atoms with Crippen LogP contribution in [-0.2, 0) is 9.84 Å². The van der Waals surface area contributed by atoms with Gasteiger partial charge in [0.05, 0.1) is 15.8 Å². The van der Waals surface area contributed by atoms with Crippen molar-refractivity contribution in [2.24, 2.45) is 0 Å². The van der Waals surface area contributed by atoms with Gasteiger partial charge in [-0.3, -0.25) is 0 Å². The lowest BCUT2D eigenvalue weighted by Gasteiger charge is -2.36. The van der Waals surface area contributed by atoms with E-state index in [1.807, 2.05) is 4.90 Å². The Morgan fingerprint density at radius 1 is 1.17 bits per heavy atom. The fourth-order valence-corrected chi connectivity index (χ4v) is 7.67. The molecular weight excluding hydrogens is 450 g/mol. The van der Waals surface area contributed by atoms with Gasteiger partial charge in [0.15, 0.2) is 15.0 Å². The molecule has 0 amide bonds. The molecule has 0 saturated carbocycles. The quantitative estimate of drug-likeness (QED) is 0.592. The third-order valence-corrected chi connectivity index (χ3v) is 9.70. The van der Waals surface area contributed by atoms with E-state index in [2.05, 4.69) is 4.98 Å². The van der Waals surface area contributed by atoms with E-state index in [0.29, 0.717) is 42.3 Å². The van der Waals surface area contributed by atoms with Crippen molar-refractivity contribution in [1.29, 1.82) is 0 Å². The molecule has 2 atom stereocenters. The molecule has 1 aromatic heterocycles. The van der Waals surface area contributed by atoms with Crippen molar-refractivity contribution in [2.75, 3.05) is 18.0 Å². The highest BCUT2D eigenvalue weighted by Crippen LogP contribution is 2.36. The first-order valence-corrected chi connectivity index (χ1v) is 12.5. The van der Waals surface area contributed by atoms with Crippen molar-refractivity contribution in [3.05, 3.63) is 59.5 Å². The highest BCUT2D eigenvalue weighted by atomic mass is 35.5.